The molecule has 0 unspecified atom stereocenters. The van der Waals surface area contributed by atoms with Gasteiger partial charge in [0.15, 0.2) is 11.6 Å². The number of rotatable bonds is 4. The second-order valence-electron chi connectivity index (χ2n) is 4.92. The first-order valence-electron chi connectivity index (χ1n) is 7.08. The van der Waals surface area contributed by atoms with Crippen LogP contribution in [0.4, 0.5) is 4.39 Å². The van der Waals surface area contributed by atoms with Gasteiger partial charge in [-0.15, -0.1) is 0 Å². The minimum Gasteiger partial charge on any atom is -0.493 e. The molecule has 3 rings (SSSR count). The van der Waals surface area contributed by atoms with E-state index in [0.29, 0.717) is 17.9 Å². The van der Waals surface area contributed by atoms with Crippen molar-refractivity contribution in [3.8, 4) is 40.9 Å². The van der Waals surface area contributed by atoms with Gasteiger partial charge < -0.3 is 14.2 Å². The van der Waals surface area contributed by atoms with Gasteiger partial charge in [-0.25, -0.2) is 4.39 Å². The predicted molar refractivity (Wildman–Crippen MR) is 81.4 cm³/mol. The summed E-state index contributed by atoms with van der Waals surface area (Å²) in [6.07, 6.45) is 7.97. The zero-order chi connectivity index (χ0) is 15.5. The molecule has 2 aromatic rings. The maximum atomic E-state index is 14.4. The number of hydrogen-bond donors (Lipinski definition) is 0. The standard InChI is InChI=1S/C18H15FO3/c1-3-9-21-12-5-6-14-13-7-8-16(20-4-2)18(19)15(13)11-22-17(14)10-12/h2,5-8,10H,3,9,11H2,1H3. The molecule has 3 nitrogen and oxygen atoms in total. The van der Waals surface area contributed by atoms with E-state index in [2.05, 4.69) is 0 Å². The van der Waals surface area contributed by atoms with Gasteiger partial charge in [0.05, 0.1) is 6.61 Å². The zero-order valence-electron chi connectivity index (χ0n) is 12.2. The van der Waals surface area contributed by atoms with Crippen molar-refractivity contribution in [1.29, 1.82) is 0 Å². The fourth-order valence-electron chi connectivity index (χ4n) is 2.44. The Balaban J connectivity index is 2.00. The van der Waals surface area contributed by atoms with Gasteiger partial charge in [-0.2, -0.15) is 0 Å². The van der Waals surface area contributed by atoms with E-state index in [9.17, 15) is 4.39 Å². The van der Waals surface area contributed by atoms with Crippen LogP contribution in [0.25, 0.3) is 11.1 Å². The molecule has 0 spiro atoms. The van der Waals surface area contributed by atoms with Crippen molar-refractivity contribution >= 4 is 0 Å². The summed E-state index contributed by atoms with van der Waals surface area (Å²) in [6, 6.07) is 8.89. The molecule has 0 bridgehead atoms. The molecule has 2 aromatic carbocycles. The van der Waals surface area contributed by atoms with Crippen LogP contribution in [0.1, 0.15) is 18.9 Å². The maximum absolute atomic E-state index is 14.4. The molecule has 0 saturated heterocycles. The second kappa shape index (κ2) is 5.98. The van der Waals surface area contributed by atoms with Gasteiger partial charge in [-0.05, 0) is 36.2 Å². The summed E-state index contributed by atoms with van der Waals surface area (Å²) in [5.74, 6) is 0.992. The predicted octanol–water partition coefficient (Wildman–Crippen LogP) is 4.14. The molecule has 4 heteroatoms. The molecule has 0 aliphatic carbocycles. The highest BCUT2D eigenvalue weighted by Crippen LogP contribution is 2.42. The van der Waals surface area contributed by atoms with Crippen molar-refractivity contribution in [2.75, 3.05) is 6.61 Å². The minimum atomic E-state index is -0.479. The van der Waals surface area contributed by atoms with E-state index in [0.717, 1.165) is 23.3 Å². The minimum absolute atomic E-state index is 0.0381. The fourth-order valence-corrected chi connectivity index (χ4v) is 2.44. The van der Waals surface area contributed by atoms with Crippen molar-refractivity contribution in [2.45, 2.75) is 20.0 Å². The van der Waals surface area contributed by atoms with E-state index in [1.165, 1.54) is 6.07 Å². The number of halogens is 1. The monoisotopic (exact) mass is 298 g/mol. The highest BCUT2D eigenvalue weighted by atomic mass is 19.1. The van der Waals surface area contributed by atoms with Crippen LogP contribution < -0.4 is 14.2 Å². The lowest BCUT2D eigenvalue weighted by Crippen LogP contribution is -2.09. The van der Waals surface area contributed by atoms with Crippen molar-refractivity contribution in [1.82, 2.24) is 0 Å². The Bertz CT molecular complexity index is 747. The molecule has 0 N–H and O–H groups in total. The van der Waals surface area contributed by atoms with Gasteiger partial charge in [0.2, 0.25) is 0 Å². The molecule has 0 radical (unpaired) electrons. The Hall–Kier alpha value is -2.67. The lowest BCUT2D eigenvalue weighted by atomic mass is 9.96. The van der Waals surface area contributed by atoms with Gasteiger partial charge in [0.1, 0.15) is 24.2 Å². The van der Waals surface area contributed by atoms with Crippen molar-refractivity contribution in [3.63, 3.8) is 0 Å². The van der Waals surface area contributed by atoms with Crippen LogP contribution in [-0.4, -0.2) is 6.61 Å². The Morgan fingerprint density at radius 3 is 2.86 bits per heavy atom. The first kappa shape index (κ1) is 14.3. The molecule has 0 aromatic heterocycles. The van der Waals surface area contributed by atoms with Crippen LogP contribution in [0.3, 0.4) is 0 Å². The molecule has 0 atom stereocenters. The van der Waals surface area contributed by atoms with E-state index >= 15 is 0 Å². The molecule has 112 valence electrons. The Morgan fingerprint density at radius 1 is 1.27 bits per heavy atom. The molecule has 0 saturated carbocycles. The Morgan fingerprint density at radius 2 is 2.09 bits per heavy atom. The van der Waals surface area contributed by atoms with E-state index in [4.69, 9.17) is 20.6 Å². The molecule has 0 amide bonds. The molecule has 1 aliphatic rings. The average molecular weight is 298 g/mol. The summed E-state index contributed by atoms with van der Waals surface area (Å²) in [7, 11) is 0. The highest BCUT2D eigenvalue weighted by Gasteiger charge is 2.23. The van der Waals surface area contributed by atoms with Crippen LogP contribution in [0, 0.1) is 18.3 Å². The van der Waals surface area contributed by atoms with Crippen molar-refractivity contribution < 1.29 is 18.6 Å². The summed E-state index contributed by atoms with van der Waals surface area (Å²) in [5.41, 5.74) is 2.06. The SMILES string of the molecule is C#COc1ccc2c(c1F)COc1cc(OCCC)ccc1-2. The Kier molecular flexibility index (Phi) is 3.88. The molecular weight excluding hydrogens is 283 g/mol. The van der Waals surface area contributed by atoms with Crippen LogP contribution in [0.5, 0.6) is 17.2 Å². The fraction of sp³-hybridized carbons (Fsp3) is 0.222. The van der Waals surface area contributed by atoms with Crippen molar-refractivity contribution in [3.05, 3.63) is 41.7 Å². The number of hydrogen-bond acceptors (Lipinski definition) is 3. The van der Waals surface area contributed by atoms with Gasteiger partial charge in [-0.1, -0.05) is 13.3 Å². The lowest BCUT2D eigenvalue weighted by molar-refractivity contribution is 0.286. The summed E-state index contributed by atoms with van der Waals surface area (Å²) in [4.78, 5) is 0. The molecule has 1 aliphatic heterocycles. The van der Waals surface area contributed by atoms with E-state index in [1.807, 2.05) is 31.2 Å². The van der Waals surface area contributed by atoms with Crippen LogP contribution in [-0.2, 0) is 6.61 Å². The summed E-state index contributed by atoms with van der Waals surface area (Å²) >= 11 is 0. The average Bonchev–Trinajstić information content (AvgIpc) is 2.55. The van der Waals surface area contributed by atoms with Crippen molar-refractivity contribution in [2.24, 2.45) is 0 Å². The molecular formula is C18H15FO3. The lowest BCUT2D eigenvalue weighted by Gasteiger charge is -2.22. The first-order chi connectivity index (χ1) is 10.7. The highest BCUT2D eigenvalue weighted by molar-refractivity contribution is 5.76. The van der Waals surface area contributed by atoms with Crippen LogP contribution in [0.2, 0.25) is 0 Å². The largest absolute Gasteiger partial charge is 0.493 e. The van der Waals surface area contributed by atoms with Gasteiger partial charge in [0, 0.05) is 17.2 Å². The molecule has 22 heavy (non-hydrogen) atoms. The number of terminal acetylenes is 1. The van der Waals surface area contributed by atoms with Gasteiger partial charge in [0.25, 0.3) is 0 Å². The first-order valence-corrected chi connectivity index (χ1v) is 7.08. The number of benzene rings is 2. The molecule has 0 fully saturated rings. The van der Waals surface area contributed by atoms with Gasteiger partial charge >= 0.3 is 0 Å². The molecule has 1 heterocycles. The zero-order valence-corrected chi connectivity index (χ0v) is 12.2. The third-order valence-electron chi connectivity index (χ3n) is 3.46. The van der Waals surface area contributed by atoms with E-state index < -0.39 is 5.82 Å². The van der Waals surface area contributed by atoms with Crippen LogP contribution in [0.15, 0.2) is 30.3 Å². The summed E-state index contributed by atoms with van der Waals surface area (Å²) in [5, 5.41) is 0. The summed E-state index contributed by atoms with van der Waals surface area (Å²) < 4.78 is 30.4. The van der Waals surface area contributed by atoms with Gasteiger partial charge in [-0.3, -0.25) is 0 Å². The third kappa shape index (κ3) is 2.46. The smallest absolute Gasteiger partial charge is 0.176 e. The van der Waals surface area contributed by atoms with Crippen LogP contribution >= 0.6 is 0 Å². The Labute approximate surface area is 128 Å². The number of fused-ring (bicyclic) bond motifs is 3. The quantitative estimate of drug-likeness (QED) is 0.794. The van der Waals surface area contributed by atoms with E-state index in [1.54, 1.807) is 6.07 Å². The normalized spacial score (nSPS) is 11.7. The second-order valence-corrected chi connectivity index (χ2v) is 4.92. The third-order valence-corrected chi connectivity index (χ3v) is 3.46. The van der Waals surface area contributed by atoms with E-state index in [-0.39, 0.29) is 12.4 Å². The topological polar surface area (TPSA) is 27.7 Å². The number of ether oxygens (including phenoxy) is 3. The summed E-state index contributed by atoms with van der Waals surface area (Å²) in [6.45, 7) is 2.83. The maximum Gasteiger partial charge on any atom is 0.176 e.